The second kappa shape index (κ2) is 14.6. The molecule has 0 aliphatic heterocycles. The van der Waals surface area contributed by atoms with E-state index in [2.05, 4.69) is 4.90 Å². The van der Waals surface area contributed by atoms with E-state index < -0.39 is 29.1 Å². The van der Waals surface area contributed by atoms with Crippen molar-refractivity contribution in [3.05, 3.63) is 104 Å². The fourth-order valence-corrected chi connectivity index (χ4v) is 5.46. The van der Waals surface area contributed by atoms with Gasteiger partial charge in [-0.3, -0.25) is 9.69 Å². The minimum atomic E-state index is -5.06. The molecule has 0 saturated carbocycles. The molecule has 4 aromatic rings. The molecule has 0 N–H and O–H groups in total. The van der Waals surface area contributed by atoms with Crippen molar-refractivity contribution in [2.75, 3.05) is 13.1 Å². The molecule has 0 amide bonds. The Morgan fingerprint density at radius 2 is 1.53 bits per heavy atom. The van der Waals surface area contributed by atoms with Crippen LogP contribution in [0.4, 0.5) is 13.2 Å². The van der Waals surface area contributed by atoms with Gasteiger partial charge in [0.05, 0.1) is 10.9 Å². The number of carbonyl (C=O) groups excluding carboxylic acids is 1. The van der Waals surface area contributed by atoms with E-state index in [1.54, 1.807) is 26.0 Å². The minimum Gasteiger partial charge on any atom is -0.449 e. The van der Waals surface area contributed by atoms with E-state index in [1.165, 1.54) is 18.2 Å². The zero-order valence-electron chi connectivity index (χ0n) is 28.2. The Balaban J connectivity index is 1.90. The quantitative estimate of drug-likeness (QED) is 0.0916. The summed E-state index contributed by atoms with van der Waals surface area (Å²) in [5.74, 6) is -2.65. The zero-order chi connectivity index (χ0) is 34.6. The number of alkyl halides is 3. The lowest BCUT2D eigenvalue weighted by Crippen LogP contribution is -2.31. The summed E-state index contributed by atoms with van der Waals surface area (Å²) in [5.41, 5.74) is 2.89. The molecule has 47 heavy (non-hydrogen) atoms. The molecule has 0 fully saturated rings. The van der Waals surface area contributed by atoms with Crippen molar-refractivity contribution < 1.29 is 31.9 Å². The number of rotatable bonds is 11. The number of ether oxygens (including phenoxy) is 2. The minimum absolute atomic E-state index is 0.00339. The number of benzene rings is 3. The first-order chi connectivity index (χ1) is 22.0. The molecule has 0 bridgehead atoms. The summed E-state index contributed by atoms with van der Waals surface area (Å²) in [7, 11) is 0. The Morgan fingerprint density at radius 3 is 2.13 bits per heavy atom. The standard InChI is InChI=1S/C38H42F3NO5/c1-22(2)19-42(20-23(3)4)21-30-31(45-33(43)16-13-28-11-9-24(5)10-12-28)15-14-29-34(44)36(37(38(39,40)41)47-35(29)30)46-32-18-25(6)17-26(7)27(32)8/h9-18,22-23H,19-21H2,1-8H3. The first-order valence-corrected chi connectivity index (χ1v) is 15.7. The predicted molar refractivity (Wildman–Crippen MR) is 179 cm³/mol. The van der Waals surface area contributed by atoms with Crippen LogP contribution in [0, 0.1) is 39.5 Å². The fourth-order valence-electron chi connectivity index (χ4n) is 5.46. The highest BCUT2D eigenvalue weighted by Gasteiger charge is 2.41. The molecule has 6 nitrogen and oxygen atoms in total. The third-order valence-electron chi connectivity index (χ3n) is 7.64. The van der Waals surface area contributed by atoms with E-state index in [1.807, 2.05) is 71.9 Å². The van der Waals surface area contributed by atoms with Crippen LogP contribution < -0.4 is 14.9 Å². The van der Waals surface area contributed by atoms with Gasteiger partial charge in [0, 0.05) is 25.7 Å². The van der Waals surface area contributed by atoms with Gasteiger partial charge in [0.15, 0.2) is 0 Å². The van der Waals surface area contributed by atoms with E-state index in [0.717, 1.165) is 22.3 Å². The zero-order valence-corrected chi connectivity index (χ0v) is 28.2. The summed E-state index contributed by atoms with van der Waals surface area (Å²) in [4.78, 5) is 28.9. The van der Waals surface area contributed by atoms with Crippen molar-refractivity contribution in [2.24, 2.45) is 11.8 Å². The molecular weight excluding hydrogens is 607 g/mol. The monoisotopic (exact) mass is 649 g/mol. The van der Waals surface area contributed by atoms with Gasteiger partial charge in [0.2, 0.25) is 11.2 Å². The predicted octanol–water partition coefficient (Wildman–Crippen LogP) is 9.57. The van der Waals surface area contributed by atoms with E-state index in [4.69, 9.17) is 13.9 Å². The Kier molecular flexibility index (Phi) is 11.0. The number of esters is 1. The third-order valence-corrected chi connectivity index (χ3v) is 7.64. The third kappa shape index (κ3) is 8.92. The Bertz CT molecular complexity index is 1830. The Labute approximate surface area is 273 Å². The van der Waals surface area contributed by atoms with Gasteiger partial charge in [-0.15, -0.1) is 0 Å². The highest BCUT2D eigenvalue weighted by atomic mass is 19.4. The summed E-state index contributed by atoms with van der Waals surface area (Å²) in [6, 6.07) is 13.7. The van der Waals surface area contributed by atoms with Crippen molar-refractivity contribution >= 4 is 23.0 Å². The largest absolute Gasteiger partial charge is 0.453 e. The summed E-state index contributed by atoms with van der Waals surface area (Å²) < 4.78 is 61.0. The first kappa shape index (κ1) is 35.5. The summed E-state index contributed by atoms with van der Waals surface area (Å²) in [6.07, 6.45) is -2.22. The number of nitrogens with zero attached hydrogens (tertiary/aromatic N) is 1. The maximum absolute atomic E-state index is 14.6. The van der Waals surface area contributed by atoms with Crippen molar-refractivity contribution in [3.8, 4) is 17.2 Å². The number of aryl methyl sites for hydroxylation is 3. The first-order valence-electron chi connectivity index (χ1n) is 15.7. The van der Waals surface area contributed by atoms with Gasteiger partial charge in [0.1, 0.15) is 17.1 Å². The van der Waals surface area contributed by atoms with Gasteiger partial charge in [-0.25, -0.2) is 4.79 Å². The van der Waals surface area contributed by atoms with Crippen molar-refractivity contribution in [3.63, 3.8) is 0 Å². The summed E-state index contributed by atoms with van der Waals surface area (Å²) in [6.45, 7) is 16.7. The fraction of sp³-hybridized carbons (Fsp3) is 0.368. The van der Waals surface area contributed by atoms with Gasteiger partial charge in [0.25, 0.3) is 5.76 Å². The highest BCUT2D eigenvalue weighted by molar-refractivity contribution is 5.90. The summed E-state index contributed by atoms with van der Waals surface area (Å²) in [5, 5.41) is -0.117. The number of fused-ring (bicyclic) bond motifs is 1. The lowest BCUT2D eigenvalue weighted by Gasteiger charge is -2.27. The number of hydrogen-bond acceptors (Lipinski definition) is 6. The second-order valence-electron chi connectivity index (χ2n) is 13.0. The molecule has 0 aliphatic carbocycles. The molecule has 1 heterocycles. The molecule has 0 spiro atoms. The molecular formula is C38H42F3NO5. The van der Waals surface area contributed by atoms with Crippen LogP contribution in [0.2, 0.25) is 0 Å². The molecule has 4 rings (SSSR count). The van der Waals surface area contributed by atoms with Crippen LogP contribution in [0.5, 0.6) is 17.2 Å². The molecule has 0 atom stereocenters. The smallest absolute Gasteiger partial charge is 0.449 e. The van der Waals surface area contributed by atoms with Gasteiger partial charge < -0.3 is 13.9 Å². The van der Waals surface area contributed by atoms with Crippen molar-refractivity contribution in [2.45, 2.75) is 68.1 Å². The second-order valence-corrected chi connectivity index (χ2v) is 13.0. The molecule has 1 aromatic heterocycles. The maximum atomic E-state index is 14.6. The molecule has 0 aliphatic rings. The Morgan fingerprint density at radius 1 is 0.894 bits per heavy atom. The number of carbonyl (C=O) groups is 1. The average molecular weight is 650 g/mol. The normalized spacial score (nSPS) is 12.2. The molecule has 0 radical (unpaired) electrons. The number of hydrogen-bond donors (Lipinski definition) is 0. The van der Waals surface area contributed by atoms with Crippen LogP contribution in [-0.4, -0.2) is 24.0 Å². The molecule has 250 valence electrons. The highest BCUT2D eigenvalue weighted by Crippen LogP contribution is 2.41. The molecule has 3 aromatic carbocycles. The van der Waals surface area contributed by atoms with E-state index in [-0.39, 0.29) is 46.4 Å². The van der Waals surface area contributed by atoms with E-state index in [0.29, 0.717) is 18.7 Å². The van der Waals surface area contributed by atoms with Gasteiger partial charge in [-0.05, 0) is 86.1 Å². The van der Waals surface area contributed by atoms with Crippen molar-refractivity contribution in [1.82, 2.24) is 4.90 Å². The van der Waals surface area contributed by atoms with Gasteiger partial charge >= 0.3 is 12.1 Å². The van der Waals surface area contributed by atoms with Crippen LogP contribution in [0.25, 0.3) is 17.0 Å². The van der Waals surface area contributed by atoms with Crippen LogP contribution in [-0.2, 0) is 17.5 Å². The average Bonchev–Trinajstić information content (AvgIpc) is 2.96. The van der Waals surface area contributed by atoms with Gasteiger partial charge in [-0.2, -0.15) is 13.2 Å². The van der Waals surface area contributed by atoms with Crippen LogP contribution in [0.3, 0.4) is 0 Å². The topological polar surface area (TPSA) is 69.0 Å². The van der Waals surface area contributed by atoms with Crippen LogP contribution >= 0.6 is 0 Å². The molecule has 9 heteroatoms. The van der Waals surface area contributed by atoms with Gasteiger partial charge in [-0.1, -0.05) is 63.6 Å². The lowest BCUT2D eigenvalue weighted by atomic mass is 10.0. The van der Waals surface area contributed by atoms with Crippen LogP contribution in [0.1, 0.15) is 66.8 Å². The molecule has 0 unspecified atom stereocenters. The maximum Gasteiger partial charge on any atom is 0.453 e. The van der Waals surface area contributed by atoms with Crippen LogP contribution in [0.15, 0.2) is 63.8 Å². The SMILES string of the molecule is Cc1ccc(C=CC(=O)Oc2ccc3c(=O)c(Oc4cc(C)cc(C)c4C)c(C(F)(F)F)oc3c2CN(CC(C)C)CC(C)C)cc1. The van der Waals surface area contributed by atoms with E-state index >= 15 is 0 Å². The van der Waals surface area contributed by atoms with E-state index in [9.17, 15) is 22.8 Å². The Hall–Kier alpha value is -4.37. The number of halogens is 3. The van der Waals surface area contributed by atoms with Crippen molar-refractivity contribution in [1.29, 1.82) is 0 Å². The molecule has 0 saturated heterocycles. The lowest BCUT2D eigenvalue weighted by molar-refractivity contribution is -0.154. The summed E-state index contributed by atoms with van der Waals surface area (Å²) >= 11 is 0.